The van der Waals surface area contributed by atoms with Gasteiger partial charge < -0.3 is 14.4 Å². The van der Waals surface area contributed by atoms with Crippen molar-refractivity contribution in [3.05, 3.63) is 30.6 Å². The minimum Gasteiger partial charge on any atom is -0.338 e. The summed E-state index contributed by atoms with van der Waals surface area (Å²) in [4.78, 5) is 24.7. The minimum atomic E-state index is -0.228. The number of aromatic nitrogens is 2. The molecule has 0 bridgehead atoms. The number of fused-ring (bicyclic) bond motifs is 1. The number of hydrogen-bond donors (Lipinski definition) is 0. The highest BCUT2D eigenvalue weighted by Crippen LogP contribution is 2.32. The van der Waals surface area contributed by atoms with Gasteiger partial charge in [-0.1, -0.05) is 12.1 Å². The number of carbonyl (C=O) groups excluding carboxylic acids is 1. The second-order valence-corrected chi connectivity index (χ2v) is 8.03. The zero-order chi connectivity index (χ0) is 18.3. The monoisotopic (exact) mass is 355 g/mol. The van der Waals surface area contributed by atoms with Gasteiger partial charge in [0.25, 0.3) is 0 Å². The summed E-state index contributed by atoms with van der Waals surface area (Å²) in [6, 6.07) is 7.78. The highest BCUT2D eigenvalue weighted by atomic mass is 16.2. The SMILES string of the molecule is C[C@@H](C(=O)N1CCN(C)C2(CCN(C)CC2)C1)n1cnc2ccccc21. The third kappa shape index (κ3) is 2.91. The van der Waals surface area contributed by atoms with E-state index in [0.29, 0.717) is 0 Å². The second-order valence-electron chi connectivity index (χ2n) is 8.03. The number of hydrogen-bond acceptors (Lipinski definition) is 4. The number of carbonyl (C=O) groups is 1. The zero-order valence-corrected chi connectivity index (χ0v) is 16.1. The lowest BCUT2D eigenvalue weighted by molar-refractivity contribution is -0.141. The third-order valence-electron chi connectivity index (χ3n) is 6.49. The third-order valence-corrected chi connectivity index (χ3v) is 6.49. The first kappa shape index (κ1) is 17.5. The molecule has 3 heterocycles. The van der Waals surface area contributed by atoms with Crippen molar-refractivity contribution in [2.75, 3.05) is 46.8 Å². The molecule has 6 heteroatoms. The Morgan fingerprint density at radius 1 is 1.12 bits per heavy atom. The maximum Gasteiger partial charge on any atom is 0.245 e. The summed E-state index contributed by atoms with van der Waals surface area (Å²) in [6.07, 6.45) is 4.06. The Morgan fingerprint density at radius 2 is 1.85 bits per heavy atom. The predicted molar refractivity (Wildman–Crippen MR) is 103 cm³/mol. The van der Waals surface area contributed by atoms with Crippen LogP contribution in [0.1, 0.15) is 25.8 Å². The van der Waals surface area contributed by atoms with Crippen molar-refractivity contribution in [2.24, 2.45) is 0 Å². The van der Waals surface area contributed by atoms with E-state index in [9.17, 15) is 4.79 Å². The van der Waals surface area contributed by atoms with Crippen LogP contribution in [0.3, 0.4) is 0 Å². The smallest absolute Gasteiger partial charge is 0.245 e. The topological polar surface area (TPSA) is 44.6 Å². The van der Waals surface area contributed by atoms with Crippen LogP contribution in [0.2, 0.25) is 0 Å². The van der Waals surface area contributed by atoms with Gasteiger partial charge in [-0.25, -0.2) is 4.98 Å². The molecule has 2 aliphatic rings. The molecule has 1 amide bonds. The molecule has 1 atom stereocenters. The average molecular weight is 355 g/mol. The van der Waals surface area contributed by atoms with Crippen LogP contribution < -0.4 is 0 Å². The van der Waals surface area contributed by atoms with E-state index in [0.717, 1.165) is 56.6 Å². The Hall–Kier alpha value is -1.92. The quantitative estimate of drug-likeness (QED) is 0.825. The molecule has 0 saturated carbocycles. The Labute approximate surface area is 155 Å². The maximum absolute atomic E-state index is 13.3. The van der Waals surface area contributed by atoms with E-state index in [4.69, 9.17) is 0 Å². The normalized spacial score (nSPS) is 22.8. The molecule has 2 saturated heterocycles. The molecule has 1 aromatic carbocycles. The molecule has 2 fully saturated rings. The average Bonchev–Trinajstić information content (AvgIpc) is 3.09. The van der Waals surface area contributed by atoms with Crippen molar-refractivity contribution in [1.29, 1.82) is 0 Å². The van der Waals surface area contributed by atoms with Crippen molar-refractivity contribution in [2.45, 2.75) is 31.3 Å². The van der Waals surface area contributed by atoms with E-state index in [1.54, 1.807) is 6.33 Å². The van der Waals surface area contributed by atoms with Gasteiger partial charge in [-0.2, -0.15) is 0 Å². The number of piperidine rings is 1. The number of amides is 1. The first-order chi connectivity index (χ1) is 12.5. The number of nitrogens with zero attached hydrogens (tertiary/aromatic N) is 5. The van der Waals surface area contributed by atoms with E-state index in [1.165, 1.54) is 0 Å². The Balaban J connectivity index is 1.54. The lowest BCUT2D eigenvalue weighted by atomic mass is 9.83. The number of rotatable bonds is 2. The fourth-order valence-corrected chi connectivity index (χ4v) is 4.50. The summed E-state index contributed by atoms with van der Waals surface area (Å²) in [5.74, 6) is 0.208. The molecule has 1 aromatic heterocycles. The zero-order valence-electron chi connectivity index (χ0n) is 16.1. The summed E-state index contributed by atoms with van der Waals surface area (Å²) >= 11 is 0. The minimum absolute atomic E-state index is 0.136. The molecule has 6 nitrogen and oxygen atoms in total. The Morgan fingerprint density at radius 3 is 2.62 bits per heavy atom. The van der Waals surface area contributed by atoms with Gasteiger partial charge in [-0.15, -0.1) is 0 Å². The Kier molecular flexibility index (Phi) is 4.49. The summed E-state index contributed by atoms with van der Waals surface area (Å²) in [5.41, 5.74) is 2.10. The number of likely N-dealkylation sites (N-methyl/N-ethyl adjacent to an activating group) is 1. The van der Waals surface area contributed by atoms with Crippen LogP contribution in [0.15, 0.2) is 30.6 Å². The van der Waals surface area contributed by atoms with Gasteiger partial charge in [0.15, 0.2) is 0 Å². The summed E-state index contributed by atoms with van der Waals surface area (Å²) in [6.45, 7) is 6.81. The number of likely N-dealkylation sites (tertiary alicyclic amines) is 1. The van der Waals surface area contributed by atoms with E-state index in [2.05, 4.69) is 33.8 Å². The fraction of sp³-hybridized carbons (Fsp3) is 0.600. The van der Waals surface area contributed by atoms with Gasteiger partial charge in [0.2, 0.25) is 5.91 Å². The molecule has 4 rings (SSSR count). The van der Waals surface area contributed by atoms with E-state index >= 15 is 0 Å². The van der Waals surface area contributed by atoms with E-state index < -0.39 is 0 Å². The number of para-hydroxylation sites is 2. The molecule has 0 radical (unpaired) electrons. The molecule has 0 N–H and O–H groups in total. The second kappa shape index (κ2) is 6.67. The van der Waals surface area contributed by atoms with Gasteiger partial charge in [0.05, 0.1) is 17.4 Å². The van der Waals surface area contributed by atoms with Gasteiger partial charge in [0.1, 0.15) is 6.04 Å². The van der Waals surface area contributed by atoms with Crippen molar-refractivity contribution >= 4 is 16.9 Å². The van der Waals surface area contributed by atoms with Crippen molar-refractivity contribution in [1.82, 2.24) is 24.3 Å². The van der Waals surface area contributed by atoms with Gasteiger partial charge >= 0.3 is 0 Å². The largest absolute Gasteiger partial charge is 0.338 e. The van der Waals surface area contributed by atoms with Crippen LogP contribution in [0.4, 0.5) is 0 Å². The van der Waals surface area contributed by atoms with Crippen LogP contribution in [0.25, 0.3) is 11.0 Å². The summed E-state index contributed by atoms with van der Waals surface area (Å²) in [5, 5.41) is 0. The Bertz CT molecular complexity index is 792. The fourth-order valence-electron chi connectivity index (χ4n) is 4.50. The molecule has 1 spiro atoms. The first-order valence-electron chi connectivity index (χ1n) is 9.60. The van der Waals surface area contributed by atoms with Crippen LogP contribution >= 0.6 is 0 Å². The maximum atomic E-state index is 13.3. The van der Waals surface area contributed by atoms with Crippen LogP contribution in [-0.4, -0.2) is 82.5 Å². The van der Waals surface area contributed by atoms with E-state index in [1.807, 2.05) is 35.8 Å². The molecule has 2 aliphatic heterocycles. The van der Waals surface area contributed by atoms with E-state index in [-0.39, 0.29) is 17.5 Å². The first-order valence-corrected chi connectivity index (χ1v) is 9.60. The van der Waals surface area contributed by atoms with Crippen molar-refractivity contribution in [3.8, 4) is 0 Å². The van der Waals surface area contributed by atoms with Crippen LogP contribution in [-0.2, 0) is 4.79 Å². The molecular formula is C20H29N5O. The van der Waals surface area contributed by atoms with Crippen molar-refractivity contribution < 1.29 is 4.79 Å². The highest BCUT2D eigenvalue weighted by molar-refractivity contribution is 5.83. The van der Waals surface area contributed by atoms with Gasteiger partial charge in [-0.05, 0) is 59.1 Å². The van der Waals surface area contributed by atoms with Crippen LogP contribution in [0.5, 0.6) is 0 Å². The summed E-state index contributed by atoms with van der Waals surface area (Å²) in [7, 11) is 4.41. The molecule has 2 aromatic rings. The predicted octanol–water partition coefficient (Wildman–Crippen LogP) is 1.84. The highest BCUT2D eigenvalue weighted by Gasteiger charge is 2.43. The lowest BCUT2D eigenvalue weighted by Crippen LogP contribution is -2.65. The molecule has 0 unspecified atom stereocenters. The van der Waals surface area contributed by atoms with Crippen molar-refractivity contribution in [3.63, 3.8) is 0 Å². The molecule has 140 valence electrons. The number of imidazole rings is 1. The van der Waals surface area contributed by atoms with Gasteiger partial charge in [0, 0.05) is 25.2 Å². The lowest BCUT2D eigenvalue weighted by Gasteiger charge is -2.53. The molecular weight excluding hydrogens is 326 g/mol. The molecule has 0 aliphatic carbocycles. The number of benzene rings is 1. The van der Waals surface area contributed by atoms with Gasteiger partial charge in [-0.3, -0.25) is 9.69 Å². The molecule has 26 heavy (non-hydrogen) atoms. The summed E-state index contributed by atoms with van der Waals surface area (Å²) < 4.78 is 2.01. The standard InChI is InChI=1S/C20H29N5O/c1-16(25-15-21-17-6-4-5-7-18(17)25)19(26)24-13-12-23(3)20(14-24)8-10-22(2)11-9-20/h4-7,15-16H,8-14H2,1-3H3/t16-/m0/s1. The number of piperazine rings is 1. The van der Waals surface area contributed by atoms with Crippen LogP contribution in [0, 0.1) is 0 Å².